The summed E-state index contributed by atoms with van der Waals surface area (Å²) >= 11 is 0. The summed E-state index contributed by atoms with van der Waals surface area (Å²) < 4.78 is 1.04. The number of pyridine rings is 1. The van der Waals surface area contributed by atoms with E-state index in [4.69, 9.17) is 4.84 Å². The number of nitrogens with zero attached hydrogens (tertiary/aromatic N) is 2. The van der Waals surface area contributed by atoms with Gasteiger partial charge in [0.2, 0.25) is 0 Å². The Hall–Kier alpha value is -2.63. The predicted octanol–water partition coefficient (Wildman–Crippen LogP) is 1.60. The molecular formula is C11H8N2O4. The zero-order valence-corrected chi connectivity index (χ0v) is 8.65. The number of rotatable bonds is 3. The van der Waals surface area contributed by atoms with Crippen LogP contribution in [0.5, 0.6) is 5.75 Å². The van der Waals surface area contributed by atoms with Crippen molar-refractivity contribution in [2.75, 3.05) is 0 Å². The summed E-state index contributed by atoms with van der Waals surface area (Å²) in [5.41, 5.74) is -0.344. The molecule has 0 spiro atoms. The van der Waals surface area contributed by atoms with E-state index in [1.54, 1.807) is 12.1 Å². The standard InChI is InChI=1S/C11H8N2O4/c14-11-3-1-2-8-12(11)17-10-6-4-9(5-7-10)13(15)16/h1-8H. The lowest BCUT2D eigenvalue weighted by molar-refractivity contribution is -0.384. The highest BCUT2D eigenvalue weighted by molar-refractivity contribution is 5.35. The number of aromatic nitrogens is 1. The molecule has 0 aliphatic carbocycles. The third kappa shape index (κ3) is 2.49. The first-order valence-corrected chi connectivity index (χ1v) is 4.77. The van der Waals surface area contributed by atoms with Gasteiger partial charge in [0.25, 0.3) is 11.2 Å². The second kappa shape index (κ2) is 4.48. The fourth-order valence-electron chi connectivity index (χ4n) is 1.23. The molecule has 0 saturated carbocycles. The van der Waals surface area contributed by atoms with Gasteiger partial charge in [0.15, 0.2) is 5.75 Å². The van der Waals surface area contributed by atoms with Crippen molar-refractivity contribution in [1.82, 2.24) is 4.73 Å². The van der Waals surface area contributed by atoms with Crippen LogP contribution in [0.15, 0.2) is 53.5 Å². The minimum Gasteiger partial charge on any atom is -0.372 e. The average molecular weight is 232 g/mol. The third-order valence-electron chi connectivity index (χ3n) is 2.04. The first-order chi connectivity index (χ1) is 8.16. The Labute approximate surface area is 95.8 Å². The minimum atomic E-state index is -0.502. The van der Waals surface area contributed by atoms with Crippen molar-refractivity contribution in [1.29, 1.82) is 0 Å². The van der Waals surface area contributed by atoms with Crippen molar-refractivity contribution >= 4 is 5.69 Å². The molecule has 2 rings (SSSR count). The van der Waals surface area contributed by atoms with E-state index in [1.807, 2.05) is 0 Å². The van der Waals surface area contributed by atoms with Crippen molar-refractivity contribution in [3.05, 3.63) is 69.1 Å². The van der Waals surface area contributed by atoms with E-state index < -0.39 is 4.92 Å². The fourth-order valence-corrected chi connectivity index (χ4v) is 1.23. The molecule has 2 aromatic rings. The van der Waals surface area contributed by atoms with E-state index in [1.165, 1.54) is 36.5 Å². The first-order valence-electron chi connectivity index (χ1n) is 4.77. The van der Waals surface area contributed by atoms with Crippen molar-refractivity contribution in [3.63, 3.8) is 0 Å². The van der Waals surface area contributed by atoms with E-state index in [9.17, 15) is 14.9 Å². The first kappa shape index (κ1) is 10.9. The summed E-state index contributed by atoms with van der Waals surface area (Å²) in [6, 6.07) is 10.1. The van der Waals surface area contributed by atoms with Gasteiger partial charge in [-0.15, -0.1) is 4.73 Å². The van der Waals surface area contributed by atoms with Gasteiger partial charge in [-0.25, -0.2) is 0 Å². The Morgan fingerprint density at radius 3 is 2.41 bits per heavy atom. The zero-order chi connectivity index (χ0) is 12.3. The molecule has 0 atom stereocenters. The van der Waals surface area contributed by atoms with Gasteiger partial charge in [0.1, 0.15) is 0 Å². The largest absolute Gasteiger partial charge is 0.372 e. The molecule has 1 heterocycles. The van der Waals surface area contributed by atoms with Crippen molar-refractivity contribution in [2.45, 2.75) is 0 Å². The van der Waals surface area contributed by atoms with Gasteiger partial charge in [0, 0.05) is 24.4 Å². The van der Waals surface area contributed by atoms with Crippen molar-refractivity contribution in [3.8, 4) is 5.75 Å². The van der Waals surface area contributed by atoms with E-state index >= 15 is 0 Å². The maximum atomic E-state index is 11.3. The highest BCUT2D eigenvalue weighted by atomic mass is 16.7. The van der Waals surface area contributed by atoms with Crippen LogP contribution in [0.2, 0.25) is 0 Å². The summed E-state index contributed by atoms with van der Waals surface area (Å²) in [6.45, 7) is 0. The minimum absolute atomic E-state index is 0.0299. The molecule has 0 fully saturated rings. The molecule has 0 radical (unpaired) electrons. The molecule has 86 valence electrons. The molecule has 1 aromatic heterocycles. The van der Waals surface area contributed by atoms with E-state index in [-0.39, 0.29) is 11.2 Å². The van der Waals surface area contributed by atoms with E-state index in [2.05, 4.69) is 0 Å². The van der Waals surface area contributed by atoms with E-state index in [0.29, 0.717) is 5.75 Å². The van der Waals surface area contributed by atoms with Crippen LogP contribution < -0.4 is 10.4 Å². The van der Waals surface area contributed by atoms with Gasteiger partial charge in [-0.2, -0.15) is 0 Å². The van der Waals surface area contributed by atoms with Crippen molar-refractivity contribution < 1.29 is 9.76 Å². The molecule has 0 saturated heterocycles. The number of nitro groups is 1. The van der Waals surface area contributed by atoms with Gasteiger partial charge in [-0.1, -0.05) is 6.07 Å². The van der Waals surface area contributed by atoms with Gasteiger partial charge < -0.3 is 4.84 Å². The SMILES string of the molecule is O=c1ccccn1Oc1ccc([N+](=O)[O-])cc1. The number of benzene rings is 1. The number of non-ortho nitro benzene ring substituents is 1. The molecule has 0 bridgehead atoms. The van der Waals surface area contributed by atoms with E-state index in [0.717, 1.165) is 4.73 Å². The number of hydrogen-bond donors (Lipinski definition) is 0. The molecule has 0 unspecified atom stereocenters. The number of hydrogen-bond acceptors (Lipinski definition) is 4. The molecule has 6 nitrogen and oxygen atoms in total. The molecule has 0 aliphatic rings. The molecule has 6 heteroatoms. The smallest absolute Gasteiger partial charge is 0.283 e. The summed E-state index contributed by atoms with van der Waals surface area (Å²) in [5, 5.41) is 10.4. The Balaban J connectivity index is 2.23. The third-order valence-corrected chi connectivity index (χ3v) is 2.04. The van der Waals surface area contributed by atoms with Crippen LogP contribution >= 0.6 is 0 Å². The molecule has 17 heavy (non-hydrogen) atoms. The average Bonchev–Trinajstić information content (AvgIpc) is 2.33. The molecule has 0 amide bonds. The van der Waals surface area contributed by atoms with Crippen LogP contribution in [0, 0.1) is 10.1 Å². The van der Waals surface area contributed by atoms with Gasteiger partial charge in [-0.05, 0) is 18.2 Å². The summed E-state index contributed by atoms with van der Waals surface area (Å²) in [4.78, 5) is 26.5. The lowest BCUT2D eigenvalue weighted by Crippen LogP contribution is -2.21. The van der Waals surface area contributed by atoms with Crippen LogP contribution in [-0.4, -0.2) is 9.65 Å². The second-order valence-electron chi connectivity index (χ2n) is 3.21. The highest BCUT2D eigenvalue weighted by Gasteiger charge is 2.05. The van der Waals surface area contributed by atoms with Crippen molar-refractivity contribution in [2.24, 2.45) is 0 Å². The lowest BCUT2D eigenvalue weighted by atomic mass is 10.3. The van der Waals surface area contributed by atoms with Gasteiger partial charge >= 0.3 is 0 Å². The quantitative estimate of drug-likeness (QED) is 0.595. The van der Waals surface area contributed by atoms with Crippen LogP contribution in [0.3, 0.4) is 0 Å². The predicted molar refractivity (Wildman–Crippen MR) is 59.8 cm³/mol. The zero-order valence-electron chi connectivity index (χ0n) is 8.65. The molecular weight excluding hydrogens is 224 g/mol. The Morgan fingerprint density at radius 2 is 1.82 bits per heavy atom. The lowest BCUT2D eigenvalue weighted by Gasteiger charge is -2.06. The van der Waals surface area contributed by atoms with Crippen LogP contribution in [0.25, 0.3) is 0 Å². The maximum absolute atomic E-state index is 11.3. The Morgan fingerprint density at radius 1 is 1.12 bits per heavy atom. The normalized spacial score (nSPS) is 9.88. The van der Waals surface area contributed by atoms with Crippen LogP contribution in [0.1, 0.15) is 0 Å². The summed E-state index contributed by atoms with van der Waals surface area (Å²) in [7, 11) is 0. The summed E-state index contributed by atoms with van der Waals surface area (Å²) in [6.07, 6.45) is 1.46. The fraction of sp³-hybridized carbons (Fsp3) is 0. The van der Waals surface area contributed by atoms with Gasteiger partial charge in [-0.3, -0.25) is 14.9 Å². The van der Waals surface area contributed by atoms with Crippen LogP contribution in [0.4, 0.5) is 5.69 Å². The maximum Gasteiger partial charge on any atom is 0.283 e. The second-order valence-corrected chi connectivity index (χ2v) is 3.21. The molecule has 0 N–H and O–H groups in total. The van der Waals surface area contributed by atoms with Gasteiger partial charge in [0.05, 0.1) is 4.92 Å². The summed E-state index contributed by atoms with van der Waals surface area (Å²) in [5.74, 6) is 0.351. The van der Waals surface area contributed by atoms with Crippen LogP contribution in [-0.2, 0) is 0 Å². The highest BCUT2D eigenvalue weighted by Crippen LogP contribution is 2.17. The molecule has 1 aromatic carbocycles. The Kier molecular flexibility index (Phi) is 2.87. The number of nitro benzene ring substituents is 1. The topological polar surface area (TPSA) is 74.4 Å². The molecule has 0 aliphatic heterocycles. The monoisotopic (exact) mass is 232 g/mol. The Bertz CT molecular complexity index is 589.